The number of aromatic amines is 1. The smallest absolute Gasteiger partial charge is 0.349 e. The number of rotatable bonds is 3. The Morgan fingerprint density at radius 3 is 2.61 bits per heavy atom. The van der Waals surface area contributed by atoms with E-state index in [2.05, 4.69) is 9.97 Å². The standard InChI is InChI=1S/C17H16N2O3S/c1-9-4-6-12(7-5-9)8-22-17(21)14-10(2)13-15(20)18-11(3)19-16(13)23-14/h4-7H,8H2,1-3H3,(H,18,19,20). The second-order valence-electron chi connectivity index (χ2n) is 5.45. The van der Waals surface area contributed by atoms with Crippen LogP contribution in [-0.2, 0) is 11.3 Å². The summed E-state index contributed by atoms with van der Waals surface area (Å²) in [5, 5.41) is 0.461. The molecule has 3 rings (SSSR count). The number of ether oxygens (including phenoxy) is 1. The zero-order valence-corrected chi connectivity index (χ0v) is 13.9. The summed E-state index contributed by atoms with van der Waals surface area (Å²) < 4.78 is 5.37. The van der Waals surface area contributed by atoms with Gasteiger partial charge in [0.2, 0.25) is 0 Å². The number of nitrogens with one attached hydrogen (secondary N) is 1. The van der Waals surface area contributed by atoms with Crippen molar-refractivity contribution >= 4 is 27.5 Å². The SMILES string of the molecule is Cc1ccc(COC(=O)c2sc3nc(C)[nH]c(=O)c3c2C)cc1. The van der Waals surface area contributed by atoms with Crippen molar-refractivity contribution in [3.63, 3.8) is 0 Å². The Balaban J connectivity index is 1.86. The summed E-state index contributed by atoms with van der Waals surface area (Å²) in [6, 6.07) is 7.80. The van der Waals surface area contributed by atoms with Gasteiger partial charge < -0.3 is 9.72 Å². The molecule has 2 heterocycles. The third kappa shape index (κ3) is 3.03. The van der Waals surface area contributed by atoms with E-state index in [1.54, 1.807) is 13.8 Å². The maximum Gasteiger partial charge on any atom is 0.349 e. The van der Waals surface area contributed by atoms with E-state index in [9.17, 15) is 9.59 Å². The number of carbonyl (C=O) groups excluding carboxylic acids is 1. The number of esters is 1. The molecular weight excluding hydrogens is 312 g/mol. The molecule has 0 amide bonds. The van der Waals surface area contributed by atoms with E-state index in [-0.39, 0.29) is 12.2 Å². The van der Waals surface area contributed by atoms with Gasteiger partial charge in [-0.05, 0) is 31.9 Å². The summed E-state index contributed by atoms with van der Waals surface area (Å²) in [6.45, 7) is 5.66. The molecule has 0 aliphatic rings. The van der Waals surface area contributed by atoms with E-state index in [1.165, 1.54) is 11.3 Å². The van der Waals surface area contributed by atoms with Crippen LogP contribution < -0.4 is 5.56 Å². The molecule has 118 valence electrons. The van der Waals surface area contributed by atoms with E-state index in [4.69, 9.17) is 4.74 Å². The highest BCUT2D eigenvalue weighted by molar-refractivity contribution is 7.20. The summed E-state index contributed by atoms with van der Waals surface area (Å²) in [4.78, 5) is 32.3. The molecule has 6 heteroatoms. The first-order valence-corrected chi connectivity index (χ1v) is 8.00. The van der Waals surface area contributed by atoms with E-state index < -0.39 is 5.97 Å². The first-order chi connectivity index (χ1) is 11.0. The number of thiophene rings is 1. The van der Waals surface area contributed by atoms with Gasteiger partial charge in [-0.15, -0.1) is 11.3 Å². The Morgan fingerprint density at radius 2 is 1.91 bits per heavy atom. The zero-order chi connectivity index (χ0) is 16.6. The van der Waals surface area contributed by atoms with Gasteiger partial charge >= 0.3 is 5.97 Å². The molecule has 2 aromatic heterocycles. The number of nitrogens with zero attached hydrogens (tertiary/aromatic N) is 1. The largest absolute Gasteiger partial charge is 0.457 e. The van der Waals surface area contributed by atoms with Crippen LogP contribution in [0.2, 0.25) is 0 Å². The Bertz CT molecular complexity index is 939. The summed E-state index contributed by atoms with van der Waals surface area (Å²) in [7, 11) is 0. The highest BCUT2D eigenvalue weighted by atomic mass is 32.1. The van der Waals surface area contributed by atoms with Crippen molar-refractivity contribution in [2.24, 2.45) is 0 Å². The van der Waals surface area contributed by atoms with Gasteiger partial charge in [-0.1, -0.05) is 29.8 Å². The Morgan fingerprint density at radius 1 is 1.22 bits per heavy atom. The molecular formula is C17H16N2O3S. The highest BCUT2D eigenvalue weighted by Crippen LogP contribution is 2.27. The van der Waals surface area contributed by atoms with Gasteiger partial charge in [-0.3, -0.25) is 4.79 Å². The average Bonchev–Trinajstić information content (AvgIpc) is 2.83. The van der Waals surface area contributed by atoms with Crippen molar-refractivity contribution in [1.29, 1.82) is 0 Å². The second kappa shape index (κ2) is 5.96. The van der Waals surface area contributed by atoms with Gasteiger partial charge in [-0.2, -0.15) is 0 Å². The summed E-state index contributed by atoms with van der Waals surface area (Å²) in [5.41, 5.74) is 2.47. The summed E-state index contributed by atoms with van der Waals surface area (Å²) >= 11 is 1.19. The molecule has 23 heavy (non-hydrogen) atoms. The minimum Gasteiger partial charge on any atom is -0.457 e. The monoisotopic (exact) mass is 328 g/mol. The van der Waals surface area contributed by atoms with Gasteiger partial charge in [-0.25, -0.2) is 9.78 Å². The molecule has 3 aromatic rings. The molecule has 0 fully saturated rings. The number of aryl methyl sites for hydroxylation is 3. The molecule has 0 aliphatic carbocycles. The molecule has 0 spiro atoms. The maximum atomic E-state index is 12.3. The summed E-state index contributed by atoms with van der Waals surface area (Å²) in [6.07, 6.45) is 0. The van der Waals surface area contributed by atoms with Crippen molar-refractivity contribution in [2.75, 3.05) is 0 Å². The van der Waals surface area contributed by atoms with Crippen LogP contribution >= 0.6 is 11.3 Å². The predicted octanol–water partition coefficient (Wildman–Crippen LogP) is 3.27. The molecule has 0 saturated carbocycles. The number of hydrogen-bond donors (Lipinski definition) is 1. The second-order valence-corrected chi connectivity index (χ2v) is 6.45. The first-order valence-electron chi connectivity index (χ1n) is 7.18. The zero-order valence-electron chi connectivity index (χ0n) is 13.1. The summed E-state index contributed by atoms with van der Waals surface area (Å²) in [5.74, 6) is 0.103. The fourth-order valence-corrected chi connectivity index (χ4v) is 3.47. The minimum atomic E-state index is -0.428. The molecule has 0 aliphatic heterocycles. The molecule has 0 unspecified atom stereocenters. The van der Waals surface area contributed by atoms with Gasteiger partial charge in [0.05, 0.1) is 5.39 Å². The number of carbonyl (C=O) groups is 1. The van der Waals surface area contributed by atoms with Crippen LogP contribution in [0, 0.1) is 20.8 Å². The van der Waals surface area contributed by atoms with Gasteiger partial charge in [0, 0.05) is 0 Å². The minimum absolute atomic E-state index is 0.204. The highest BCUT2D eigenvalue weighted by Gasteiger charge is 2.20. The molecule has 1 N–H and O–H groups in total. The quantitative estimate of drug-likeness (QED) is 0.749. The lowest BCUT2D eigenvalue weighted by Gasteiger charge is -2.04. The topological polar surface area (TPSA) is 72.0 Å². The molecule has 1 aromatic carbocycles. The third-order valence-corrected chi connectivity index (χ3v) is 4.76. The average molecular weight is 328 g/mol. The van der Waals surface area contributed by atoms with Crippen LogP contribution in [0.3, 0.4) is 0 Å². The normalized spacial score (nSPS) is 10.9. The molecule has 5 nitrogen and oxygen atoms in total. The van der Waals surface area contributed by atoms with Crippen LogP contribution in [-0.4, -0.2) is 15.9 Å². The number of benzene rings is 1. The lowest BCUT2D eigenvalue weighted by molar-refractivity contribution is 0.0478. The van der Waals surface area contributed by atoms with Crippen LogP contribution in [0.4, 0.5) is 0 Å². The van der Waals surface area contributed by atoms with Crippen molar-refractivity contribution in [3.8, 4) is 0 Å². The van der Waals surface area contributed by atoms with Crippen LogP contribution in [0.5, 0.6) is 0 Å². The molecule has 0 radical (unpaired) electrons. The van der Waals surface area contributed by atoms with Crippen molar-refractivity contribution in [1.82, 2.24) is 9.97 Å². The van der Waals surface area contributed by atoms with Crippen molar-refractivity contribution < 1.29 is 9.53 Å². The van der Waals surface area contributed by atoms with Crippen molar-refractivity contribution in [3.05, 3.63) is 62.0 Å². The molecule has 0 bridgehead atoms. The van der Waals surface area contributed by atoms with Gasteiger partial charge in [0.15, 0.2) is 0 Å². The number of aromatic nitrogens is 2. The van der Waals surface area contributed by atoms with Gasteiger partial charge in [0.1, 0.15) is 22.1 Å². The Labute approximate surface area is 137 Å². The van der Waals surface area contributed by atoms with E-state index in [1.807, 2.05) is 31.2 Å². The lowest BCUT2D eigenvalue weighted by Crippen LogP contribution is -2.10. The van der Waals surface area contributed by atoms with E-state index >= 15 is 0 Å². The van der Waals surface area contributed by atoms with Gasteiger partial charge in [0.25, 0.3) is 5.56 Å². The Hall–Kier alpha value is -2.47. The van der Waals surface area contributed by atoms with Crippen LogP contribution in [0.25, 0.3) is 10.2 Å². The predicted molar refractivity (Wildman–Crippen MR) is 90.0 cm³/mol. The van der Waals surface area contributed by atoms with E-state index in [0.717, 1.165) is 11.1 Å². The van der Waals surface area contributed by atoms with Crippen molar-refractivity contribution in [2.45, 2.75) is 27.4 Å². The van der Waals surface area contributed by atoms with Crippen LogP contribution in [0.1, 0.15) is 32.2 Å². The first kappa shape index (κ1) is 15.4. The number of fused-ring (bicyclic) bond motifs is 1. The number of hydrogen-bond acceptors (Lipinski definition) is 5. The fraction of sp³-hybridized carbons (Fsp3) is 0.235. The molecule has 0 saturated heterocycles. The maximum absolute atomic E-state index is 12.3. The Kier molecular flexibility index (Phi) is 4.00. The third-order valence-electron chi connectivity index (χ3n) is 3.59. The lowest BCUT2D eigenvalue weighted by atomic mass is 10.2. The number of H-pyrrole nitrogens is 1. The fourth-order valence-electron chi connectivity index (χ4n) is 2.34. The van der Waals surface area contributed by atoms with Crippen LogP contribution in [0.15, 0.2) is 29.1 Å². The van der Waals surface area contributed by atoms with E-state index in [0.29, 0.717) is 26.5 Å². The molecule has 0 atom stereocenters.